The Kier molecular flexibility index (Phi) is 3.33. The van der Waals surface area contributed by atoms with Crippen molar-refractivity contribution in [1.82, 2.24) is 0 Å². The molecule has 0 N–H and O–H groups in total. The molecule has 112 valence electrons. The monoisotopic (exact) mass is 292 g/mol. The van der Waals surface area contributed by atoms with Crippen molar-refractivity contribution in [2.24, 2.45) is 11.8 Å². The highest BCUT2D eigenvalue weighted by molar-refractivity contribution is 5.85. The lowest BCUT2D eigenvalue weighted by Gasteiger charge is -2.26. The lowest BCUT2D eigenvalue weighted by Crippen LogP contribution is -2.35. The molecule has 1 aromatic carbocycles. The van der Waals surface area contributed by atoms with Gasteiger partial charge in [-0.05, 0) is 11.6 Å². The number of methoxy groups -OCH3 is 3. The van der Waals surface area contributed by atoms with Crippen molar-refractivity contribution in [3.63, 3.8) is 0 Å². The zero-order valence-corrected chi connectivity index (χ0v) is 12.0. The summed E-state index contributed by atoms with van der Waals surface area (Å²) >= 11 is 0. The first-order valence-corrected chi connectivity index (χ1v) is 6.62. The van der Waals surface area contributed by atoms with E-state index >= 15 is 0 Å². The molecule has 0 saturated carbocycles. The summed E-state index contributed by atoms with van der Waals surface area (Å²) in [6.07, 6.45) is -1.05. The van der Waals surface area contributed by atoms with Crippen molar-refractivity contribution in [3.05, 3.63) is 29.3 Å². The number of hydrogen-bond acceptors (Lipinski definition) is 6. The van der Waals surface area contributed by atoms with E-state index in [0.29, 0.717) is 5.75 Å². The summed E-state index contributed by atoms with van der Waals surface area (Å²) in [5.41, 5.74) is 1.69. The molecule has 6 heteroatoms. The Morgan fingerprint density at radius 1 is 1.00 bits per heavy atom. The van der Waals surface area contributed by atoms with Crippen molar-refractivity contribution in [1.29, 1.82) is 0 Å². The first-order chi connectivity index (χ1) is 10.1. The predicted molar refractivity (Wildman–Crippen MR) is 70.6 cm³/mol. The minimum absolute atomic E-state index is 0.466. The van der Waals surface area contributed by atoms with Crippen LogP contribution in [0.1, 0.15) is 23.3 Å². The molecule has 4 atom stereocenters. The number of benzene rings is 1. The van der Waals surface area contributed by atoms with Crippen molar-refractivity contribution in [3.8, 4) is 5.75 Å². The molecule has 0 amide bonds. The third-order valence-corrected chi connectivity index (χ3v) is 4.19. The van der Waals surface area contributed by atoms with Crippen LogP contribution >= 0.6 is 0 Å². The molecule has 2 unspecified atom stereocenters. The molecule has 21 heavy (non-hydrogen) atoms. The predicted octanol–water partition coefficient (Wildman–Crippen LogP) is 1.40. The summed E-state index contributed by atoms with van der Waals surface area (Å²) in [6, 6.07) is 5.53. The van der Waals surface area contributed by atoms with Crippen LogP contribution in [0.15, 0.2) is 18.2 Å². The van der Waals surface area contributed by atoms with E-state index in [9.17, 15) is 9.59 Å². The normalized spacial score (nSPS) is 28.9. The van der Waals surface area contributed by atoms with Gasteiger partial charge >= 0.3 is 11.9 Å². The number of esters is 2. The third-order valence-electron chi connectivity index (χ3n) is 4.19. The summed E-state index contributed by atoms with van der Waals surface area (Å²) in [6.45, 7) is 0. The fourth-order valence-electron chi connectivity index (χ4n) is 3.32. The van der Waals surface area contributed by atoms with Crippen LogP contribution in [0.3, 0.4) is 0 Å². The Morgan fingerprint density at radius 3 is 2.19 bits per heavy atom. The Labute approximate surface area is 121 Å². The van der Waals surface area contributed by atoms with Crippen molar-refractivity contribution in [2.75, 3.05) is 21.3 Å². The van der Waals surface area contributed by atoms with Gasteiger partial charge in [-0.3, -0.25) is 9.59 Å². The first-order valence-electron chi connectivity index (χ1n) is 6.62. The van der Waals surface area contributed by atoms with Gasteiger partial charge in [-0.25, -0.2) is 0 Å². The number of hydrogen-bond donors (Lipinski definition) is 0. The van der Waals surface area contributed by atoms with Crippen molar-refractivity contribution < 1.29 is 28.5 Å². The van der Waals surface area contributed by atoms with Crippen LogP contribution in [0, 0.1) is 11.8 Å². The molecule has 2 aliphatic rings. The number of ether oxygens (including phenoxy) is 4. The molecule has 0 aromatic heterocycles. The molecule has 0 radical (unpaired) electrons. The Balaban J connectivity index is 2.11. The quantitative estimate of drug-likeness (QED) is 0.784. The second-order valence-electron chi connectivity index (χ2n) is 5.04. The molecule has 3 rings (SSSR count). The summed E-state index contributed by atoms with van der Waals surface area (Å²) in [7, 11) is 4.16. The van der Waals surface area contributed by atoms with Crippen molar-refractivity contribution >= 4 is 11.9 Å². The smallest absolute Gasteiger partial charge is 0.312 e. The molecule has 2 aliphatic heterocycles. The second-order valence-corrected chi connectivity index (χ2v) is 5.04. The first kappa shape index (κ1) is 13.9. The van der Waals surface area contributed by atoms with Gasteiger partial charge < -0.3 is 18.9 Å². The maximum absolute atomic E-state index is 12.1. The Bertz CT molecular complexity index is 596. The van der Waals surface area contributed by atoms with Crippen LogP contribution in [-0.4, -0.2) is 33.3 Å². The van der Waals surface area contributed by atoms with E-state index < -0.39 is 36.0 Å². The van der Waals surface area contributed by atoms with Gasteiger partial charge in [0.05, 0.1) is 27.4 Å². The average Bonchev–Trinajstić information content (AvgIpc) is 3.09. The number of fused-ring (bicyclic) bond motifs is 5. The zero-order valence-electron chi connectivity index (χ0n) is 12.0. The molecule has 6 nitrogen and oxygen atoms in total. The van der Waals surface area contributed by atoms with Gasteiger partial charge in [0.1, 0.15) is 23.7 Å². The largest absolute Gasteiger partial charge is 0.496 e. The van der Waals surface area contributed by atoms with Gasteiger partial charge in [0.15, 0.2) is 0 Å². The van der Waals surface area contributed by atoms with E-state index in [0.717, 1.165) is 11.1 Å². The molecular weight excluding hydrogens is 276 g/mol. The molecule has 2 bridgehead atoms. The Hall–Kier alpha value is -2.08. The van der Waals surface area contributed by atoms with Gasteiger partial charge in [0.25, 0.3) is 0 Å². The van der Waals surface area contributed by atoms with E-state index in [4.69, 9.17) is 18.9 Å². The highest BCUT2D eigenvalue weighted by atomic mass is 16.6. The second kappa shape index (κ2) is 5.04. The van der Waals surface area contributed by atoms with E-state index in [1.165, 1.54) is 14.2 Å². The fourth-order valence-corrected chi connectivity index (χ4v) is 3.32. The summed E-state index contributed by atoms with van der Waals surface area (Å²) in [5, 5.41) is 0. The topological polar surface area (TPSA) is 71.1 Å². The maximum Gasteiger partial charge on any atom is 0.312 e. The maximum atomic E-state index is 12.1. The van der Waals surface area contributed by atoms with Crippen LogP contribution in [0.25, 0.3) is 0 Å². The summed E-state index contributed by atoms with van der Waals surface area (Å²) in [4.78, 5) is 24.2. The standard InChI is InChI=1S/C15H16O6/c1-18-8-6-4-5-7-9(8)13-11(15(17)20-3)10(12(7)21-13)14(16)19-2/h4-6,10-13H,1-3H3/t10?,11?,12-,13+/m0/s1. The van der Waals surface area contributed by atoms with Gasteiger partial charge in [-0.2, -0.15) is 0 Å². The van der Waals surface area contributed by atoms with Gasteiger partial charge in [0, 0.05) is 5.56 Å². The molecule has 2 heterocycles. The summed E-state index contributed by atoms with van der Waals surface area (Å²) < 4.78 is 20.9. The molecular formula is C15H16O6. The molecule has 1 saturated heterocycles. The van der Waals surface area contributed by atoms with Crippen LogP contribution in [0.2, 0.25) is 0 Å². The highest BCUT2D eigenvalue weighted by Gasteiger charge is 2.60. The molecule has 1 aromatic rings. The molecule has 1 fully saturated rings. The SMILES string of the molecule is COC(=O)C1C(C(=O)OC)[C@H]2O[C@@H]1c1c(OC)cccc12. The van der Waals surface area contributed by atoms with Gasteiger partial charge in [-0.15, -0.1) is 0 Å². The fraction of sp³-hybridized carbons (Fsp3) is 0.467. The minimum atomic E-state index is -0.712. The van der Waals surface area contributed by atoms with Crippen LogP contribution in [0.5, 0.6) is 5.75 Å². The Morgan fingerprint density at radius 2 is 1.62 bits per heavy atom. The van der Waals surface area contributed by atoms with Gasteiger partial charge in [-0.1, -0.05) is 12.1 Å². The zero-order chi connectivity index (χ0) is 15.1. The lowest BCUT2D eigenvalue weighted by atomic mass is 9.75. The third kappa shape index (κ3) is 1.82. The van der Waals surface area contributed by atoms with E-state index in [2.05, 4.69) is 0 Å². The molecule has 0 spiro atoms. The number of carbonyl (C=O) groups excluding carboxylic acids is 2. The highest BCUT2D eigenvalue weighted by Crippen LogP contribution is 2.59. The minimum Gasteiger partial charge on any atom is -0.496 e. The van der Waals surface area contributed by atoms with Crippen molar-refractivity contribution in [2.45, 2.75) is 12.2 Å². The van der Waals surface area contributed by atoms with E-state index in [1.807, 2.05) is 18.2 Å². The lowest BCUT2D eigenvalue weighted by molar-refractivity contribution is -0.157. The van der Waals surface area contributed by atoms with E-state index in [-0.39, 0.29) is 0 Å². The summed E-state index contributed by atoms with van der Waals surface area (Å²) in [5.74, 6) is -1.69. The average molecular weight is 292 g/mol. The number of rotatable bonds is 3. The van der Waals surface area contributed by atoms with Crippen LogP contribution in [0.4, 0.5) is 0 Å². The van der Waals surface area contributed by atoms with Crippen LogP contribution in [-0.2, 0) is 23.8 Å². The van der Waals surface area contributed by atoms with Gasteiger partial charge in [0.2, 0.25) is 0 Å². The molecule has 0 aliphatic carbocycles. The number of carbonyl (C=O) groups is 2. The van der Waals surface area contributed by atoms with E-state index in [1.54, 1.807) is 7.11 Å². The van der Waals surface area contributed by atoms with Crippen LogP contribution < -0.4 is 4.74 Å².